The van der Waals surface area contributed by atoms with Crippen molar-refractivity contribution in [1.82, 2.24) is 25.4 Å². The number of carboxylic acids is 2. The molecule has 2 aliphatic rings. The summed E-state index contributed by atoms with van der Waals surface area (Å²) in [6, 6.07) is 8.78. The van der Waals surface area contributed by atoms with Crippen LogP contribution in [0.25, 0.3) is 11.5 Å². The molecule has 49 heavy (non-hydrogen) atoms. The van der Waals surface area contributed by atoms with Crippen molar-refractivity contribution in [2.75, 3.05) is 17.2 Å². The van der Waals surface area contributed by atoms with Gasteiger partial charge in [-0.05, 0) is 41.5 Å². The number of carbonyl (C=O) groups excluding carboxylic acids is 2. The van der Waals surface area contributed by atoms with Crippen LogP contribution in [0.4, 0.5) is 5.13 Å². The molecule has 2 amide bonds. The molecule has 252 valence electrons. The van der Waals surface area contributed by atoms with Crippen molar-refractivity contribution in [2.45, 2.75) is 23.2 Å². The third kappa shape index (κ3) is 7.00. The highest BCUT2D eigenvalue weighted by Crippen LogP contribution is 2.42. The fourth-order valence-corrected chi connectivity index (χ4v) is 7.51. The zero-order chi connectivity index (χ0) is 34.8. The van der Waals surface area contributed by atoms with E-state index in [0.29, 0.717) is 16.7 Å². The first-order valence-electron chi connectivity index (χ1n) is 13.9. The number of aromatic hydroxyl groups is 2. The monoisotopic (exact) mass is 725 g/mol. The van der Waals surface area contributed by atoms with Crippen LogP contribution in [0.3, 0.4) is 0 Å². The highest BCUT2D eigenvalue weighted by atomic mass is 32.2. The topological polar surface area (TPSA) is 264 Å². The van der Waals surface area contributed by atoms with Gasteiger partial charge < -0.3 is 40.7 Å². The summed E-state index contributed by atoms with van der Waals surface area (Å²) in [5.74, 6) is -4.14. The number of nitrogens with zero attached hydrogens (tertiary/aromatic N) is 5. The molecule has 0 saturated carbocycles. The molecule has 2 aromatic carbocycles. The molecule has 1 saturated heterocycles. The molecule has 2 aromatic heterocycles. The van der Waals surface area contributed by atoms with Gasteiger partial charge in [0, 0.05) is 22.4 Å². The number of aromatic carboxylic acids is 1. The molecular formula is C29H23N7O10S3. The van der Waals surface area contributed by atoms with Gasteiger partial charge in [-0.3, -0.25) is 14.5 Å². The molecule has 7 N–H and O–H groups in total. The Balaban J connectivity index is 1.13. The number of hydrogen-bond donors (Lipinski definition) is 6. The van der Waals surface area contributed by atoms with Crippen LogP contribution in [0.15, 0.2) is 73.9 Å². The second-order valence-corrected chi connectivity index (χ2v) is 13.2. The van der Waals surface area contributed by atoms with E-state index in [0.717, 1.165) is 28.0 Å². The highest BCUT2D eigenvalue weighted by Gasteiger charge is 2.54. The molecule has 0 bridgehead atoms. The van der Waals surface area contributed by atoms with Crippen LogP contribution >= 0.6 is 34.9 Å². The van der Waals surface area contributed by atoms with Crippen LogP contribution in [0.2, 0.25) is 0 Å². The number of aromatic nitrogens is 3. The summed E-state index contributed by atoms with van der Waals surface area (Å²) in [5.41, 5.74) is 6.82. The van der Waals surface area contributed by atoms with Crippen LogP contribution < -0.4 is 11.1 Å². The molecule has 17 nitrogen and oxygen atoms in total. The molecule has 4 aromatic rings. The summed E-state index contributed by atoms with van der Waals surface area (Å²) >= 11 is 3.37. The van der Waals surface area contributed by atoms with Crippen LogP contribution in [0.1, 0.15) is 21.6 Å². The minimum atomic E-state index is -1.32. The number of thioether (sulfide) groups is 2. The fourth-order valence-electron chi connectivity index (χ4n) is 4.71. The summed E-state index contributed by atoms with van der Waals surface area (Å²) in [4.78, 5) is 60.7. The summed E-state index contributed by atoms with van der Waals surface area (Å²) in [6.07, 6.45) is 0. The lowest BCUT2D eigenvalue weighted by Crippen LogP contribution is -2.71. The van der Waals surface area contributed by atoms with Crippen molar-refractivity contribution < 1.29 is 48.9 Å². The first-order chi connectivity index (χ1) is 23.5. The Morgan fingerprint density at radius 1 is 1.10 bits per heavy atom. The van der Waals surface area contributed by atoms with E-state index in [1.54, 1.807) is 0 Å². The Labute approximate surface area is 287 Å². The Hall–Kier alpha value is -5.60. The number of rotatable bonds is 12. The summed E-state index contributed by atoms with van der Waals surface area (Å²) in [7, 11) is 0. The number of β-lactam (4-membered cyclic amide) rings is 1. The Morgan fingerprint density at radius 2 is 1.88 bits per heavy atom. The summed E-state index contributed by atoms with van der Waals surface area (Å²) in [5, 5.41) is 53.8. The SMILES string of the molecule is Nc1nc(C(=NOCc2ccc(C(=O)O)cc2)C(=O)N[C@@H]2C(=O)N3C(C(=O)O)=C(CSc4nnc(-c5ccc(O)c(O)c5)o4)CS[C@H]23)cs1. The summed E-state index contributed by atoms with van der Waals surface area (Å²) < 4.78 is 5.61. The average Bonchev–Trinajstić information content (AvgIpc) is 3.74. The third-order valence-corrected chi connectivity index (χ3v) is 10.0. The normalized spacial score (nSPS) is 17.3. The maximum absolute atomic E-state index is 13.4. The van der Waals surface area contributed by atoms with E-state index in [4.69, 9.17) is 20.1 Å². The van der Waals surface area contributed by atoms with Gasteiger partial charge in [-0.25, -0.2) is 14.6 Å². The molecule has 2 atom stereocenters. The Morgan fingerprint density at radius 3 is 2.55 bits per heavy atom. The van der Waals surface area contributed by atoms with Crippen molar-refractivity contribution in [1.29, 1.82) is 0 Å². The average molecular weight is 726 g/mol. The van der Waals surface area contributed by atoms with Crippen molar-refractivity contribution in [3.05, 3.63) is 75.9 Å². The number of nitrogen functional groups attached to an aromatic ring is 1. The Kier molecular flexibility index (Phi) is 9.42. The molecule has 0 radical (unpaired) electrons. The number of amides is 2. The van der Waals surface area contributed by atoms with Crippen molar-refractivity contribution in [2.24, 2.45) is 5.16 Å². The van der Waals surface area contributed by atoms with E-state index in [1.807, 2.05) is 0 Å². The van der Waals surface area contributed by atoms with E-state index in [1.165, 1.54) is 59.6 Å². The fraction of sp³-hybridized carbons (Fsp3) is 0.172. The molecule has 4 heterocycles. The molecule has 0 aliphatic carbocycles. The van der Waals surface area contributed by atoms with E-state index in [2.05, 4.69) is 25.7 Å². The molecule has 0 unspecified atom stereocenters. The maximum Gasteiger partial charge on any atom is 0.352 e. The van der Waals surface area contributed by atoms with E-state index < -0.39 is 35.2 Å². The molecule has 0 spiro atoms. The maximum atomic E-state index is 13.4. The van der Waals surface area contributed by atoms with Crippen LogP contribution in [-0.4, -0.2) is 92.9 Å². The van der Waals surface area contributed by atoms with Gasteiger partial charge in [0.25, 0.3) is 17.0 Å². The lowest BCUT2D eigenvalue weighted by molar-refractivity contribution is -0.150. The third-order valence-electron chi connectivity index (χ3n) is 7.10. The van der Waals surface area contributed by atoms with E-state index in [9.17, 15) is 34.5 Å². The predicted octanol–water partition coefficient (Wildman–Crippen LogP) is 2.34. The van der Waals surface area contributed by atoms with E-state index in [-0.39, 0.29) is 68.5 Å². The van der Waals surface area contributed by atoms with Crippen LogP contribution in [-0.2, 0) is 25.8 Å². The molecule has 6 rings (SSSR count). The standard InChI is InChI=1S/C29H23N7O10S3/c30-28-31-16(11-48-28)19(35-45-8-12-1-3-13(4-2-12)26(41)42)22(39)32-20-24(40)36-21(27(43)44)15(9-47-25(20)36)10-49-29-34-33-23(46-29)14-5-6-17(37)18(38)7-14/h1-7,11,20,25,37-38H,8-10H2,(H2,30,31)(H,32,39)(H,41,42)(H,43,44)/t20-,25-/m1/s1. The van der Waals surface area contributed by atoms with Gasteiger partial charge in [0.1, 0.15) is 29.4 Å². The number of thiazole rings is 1. The van der Waals surface area contributed by atoms with Gasteiger partial charge in [0.2, 0.25) is 5.89 Å². The van der Waals surface area contributed by atoms with Gasteiger partial charge >= 0.3 is 11.9 Å². The number of carboxylic acid groups (broad SMARTS) is 2. The van der Waals surface area contributed by atoms with Crippen molar-refractivity contribution >= 4 is 69.5 Å². The largest absolute Gasteiger partial charge is 0.504 e. The molecule has 20 heteroatoms. The molecular weight excluding hydrogens is 703 g/mol. The number of fused-ring (bicyclic) bond motifs is 1. The predicted molar refractivity (Wildman–Crippen MR) is 175 cm³/mol. The lowest BCUT2D eigenvalue weighted by atomic mass is 10.0. The van der Waals surface area contributed by atoms with Gasteiger partial charge in [-0.15, -0.1) is 33.3 Å². The van der Waals surface area contributed by atoms with Gasteiger partial charge in [-0.2, -0.15) is 0 Å². The minimum absolute atomic E-state index is 0.0721. The highest BCUT2D eigenvalue weighted by molar-refractivity contribution is 8.01. The zero-order valence-corrected chi connectivity index (χ0v) is 27.1. The summed E-state index contributed by atoms with van der Waals surface area (Å²) in [6.45, 7) is -0.107. The molecule has 1 fully saturated rings. The number of phenolic OH excluding ortho intramolecular Hbond substituents is 2. The molecule has 2 aliphatic heterocycles. The van der Waals surface area contributed by atoms with Gasteiger partial charge in [0.15, 0.2) is 22.3 Å². The number of phenols is 2. The van der Waals surface area contributed by atoms with Gasteiger partial charge in [-0.1, -0.05) is 29.1 Å². The number of carbonyl (C=O) groups is 4. The van der Waals surface area contributed by atoms with Crippen LogP contribution in [0, 0.1) is 0 Å². The number of aliphatic carboxylic acids is 1. The second kappa shape index (κ2) is 13.9. The number of nitrogens with two attached hydrogens (primary N) is 1. The van der Waals surface area contributed by atoms with E-state index >= 15 is 0 Å². The number of hydrogen-bond acceptors (Lipinski definition) is 16. The first kappa shape index (κ1) is 33.3. The number of anilines is 1. The number of nitrogens with one attached hydrogen (secondary N) is 1. The lowest BCUT2D eigenvalue weighted by Gasteiger charge is -2.49. The minimum Gasteiger partial charge on any atom is -0.504 e. The number of oxime groups is 1. The van der Waals surface area contributed by atoms with Gasteiger partial charge in [0.05, 0.1) is 5.56 Å². The van der Waals surface area contributed by atoms with Crippen molar-refractivity contribution in [3.63, 3.8) is 0 Å². The number of benzene rings is 2. The second-order valence-electron chi connectivity index (χ2n) is 10.3. The first-order valence-corrected chi connectivity index (χ1v) is 16.8. The van der Waals surface area contributed by atoms with Crippen molar-refractivity contribution in [3.8, 4) is 23.0 Å². The smallest absolute Gasteiger partial charge is 0.352 e. The zero-order valence-electron chi connectivity index (χ0n) is 24.7. The quantitative estimate of drug-likeness (QED) is 0.0402. The van der Waals surface area contributed by atoms with Crippen LogP contribution in [0.5, 0.6) is 11.5 Å². The Bertz CT molecular complexity index is 2030.